The van der Waals surface area contributed by atoms with Crippen molar-refractivity contribution in [2.24, 2.45) is 0 Å². The number of carbonyl (C=O) groups is 2. The van der Waals surface area contributed by atoms with Crippen LogP contribution in [0.25, 0.3) is 0 Å². The van der Waals surface area contributed by atoms with E-state index in [1.165, 1.54) is 12.7 Å². The fourth-order valence-electron chi connectivity index (χ4n) is 6.05. The lowest BCUT2D eigenvalue weighted by Gasteiger charge is -2.48. The zero-order valence-corrected chi connectivity index (χ0v) is 22.0. The first kappa shape index (κ1) is 25.4. The molecule has 3 aliphatic rings. The molecular formula is C27H37N7O3. The first-order valence-corrected chi connectivity index (χ1v) is 13.0. The number of nitrogens with one attached hydrogen (secondary N) is 1. The van der Waals surface area contributed by atoms with Crippen molar-refractivity contribution in [3.05, 3.63) is 48.3 Å². The Balaban J connectivity index is 1.21. The molecule has 0 radical (unpaired) electrons. The van der Waals surface area contributed by atoms with E-state index in [1.54, 1.807) is 17.3 Å². The number of benzene rings is 1. The summed E-state index contributed by atoms with van der Waals surface area (Å²) in [5.74, 6) is 0.424. The number of carbonyl (C=O) groups excluding carboxylic acids is 2. The molecule has 10 nitrogen and oxygen atoms in total. The van der Waals surface area contributed by atoms with Crippen molar-refractivity contribution in [2.45, 2.75) is 36.8 Å². The number of anilines is 2. The Hall–Kier alpha value is -3.24. The molecule has 2 aromatic rings. The minimum atomic E-state index is -0.236. The van der Waals surface area contributed by atoms with Crippen LogP contribution >= 0.6 is 0 Å². The van der Waals surface area contributed by atoms with Crippen LogP contribution in [-0.4, -0.2) is 97.8 Å². The highest BCUT2D eigenvalue weighted by Crippen LogP contribution is 2.46. The minimum absolute atomic E-state index is 0.0176. The molecule has 1 aromatic heterocycles. The first-order chi connectivity index (χ1) is 17.8. The van der Waals surface area contributed by atoms with Crippen molar-refractivity contribution in [1.29, 1.82) is 0 Å². The van der Waals surface area contributed by atoms with Crippen molar-refractivity contribution in [2.75, 3.05) is 70.3 Å². The SMILES string of the molecule is COC(=O)CN1CCN(c2ncc(N3CC4(CCC(c5ccccc5)(N(C)C)CC4)NC3=O)cn2)CC1. The molecular weight excluding hydrogens is 470 g/mol. The molecule has 1 aliphatic carbocycles. The molecule has 2 amide bonds. The average molecular weight is 508 g/mol. The molecule has 2 aliphatic heterocycles. The van der Waals surface area contributed by atoms with Gasteiger partial charge in [0, 0.05) is 31.7 Å². The van der Waals surface area contributed by atoms with Gasteiger partial charge in [-0.15, -0.1) is 0 Å². The van der Waals surface area contributed by atoms with Gasteiger partial charge in [0.15, 0.2) is 0 Å². The number of aromatic nitrogens is 2. The normalized spacial score (nSPS) is 26.5. The molecule has 2 saturated heterocycles. The minimum Gasteiger partial charge on any atom is -0.468 e. The van der Waals surface area contributed by atoms with Gasteiger partial charge >= 0.3 is 12.0 Å². The summed E-state index contributed by atoms with van der Waals surface area (Å²) in [6.07, 6.45) is 7.29. The van der Waals surface area contributed by atoms with Gasteiger partial charge in [-0.25, -0.2) is 14.8 Å². The van der Waals surface area contributed by atoms with Crippen LogP contribution < -0.4 is 15.1 Å². The summed E-state index contributed by atoms with van der Waals surface area (Å²) in [7, 11) is 5.72. The lowest BCUT2D eigenvalue weighted by Crippen LogP contribution is -2.54. The molecule has 5 rings (SSSR count). The van der Waals surface area contributed by atoms with E-state index in [0.29, 0.717) is 19.0 Å². The lowest BCUT2D eigenvalue weighted by molar-refractivity contribution is -0.142. The zero-order valence-electron chi connectivity index (χ0n) is 22.0. The molecule has 0 bridgehead atoms. The van der Waals surface area contributed by atoms with E-state index in [-0.39, 0.29) is 23.1 Å². The monoisotopic (exact) mass is 507 g/mol. The largest absolute Gasteiger partial charge is 0.468 e. The maximum atomic E-state index is 13.0. The van der Waals surface area contributed by atoms with Crippen molar-refractivity contribution in [1.82, 2.24) is 25.1 Å². The Labute approximate surface area is 218 Å². The fraction of sp³-hybridized carbons (Fsp3) is 0.556. The van der Waals surface area contributed by atoms with E-state index in [4.69, 9.17) is 4.74 Å². The quantitative estimate of drug-likeness (QED) is 0.594. The third-order valence-corrected chi connectivity index (χ3v) is 8.45. The van der Waals surface area contributed by atoms with Crippen molar-refractivity contribution in [3.63, 3.8) is 0 Å². The maximum Gasteiger partial charge on any atom is 0.322 e. The van der Waals surface area contributed by atoms with Gasteiger partial charge in [-0.1, -0.05) is 30.3 Å². The number of hydrogen-bond donors (Lipinski definition) is 1. The van der Waals surface area contributed by atoms with Crippen molar-refractivity contribution in [3.8, 4) is 0 Å². The van der Waals surface area contributed by atoms with E-state index in [1.807, 2.05) is 0 Å². The van der Waals surface area contributed by atoms with Gasteiger partial charge < -0.3 is 15.0 Å². The van der Waals surface area contributed by atoms with E-state index >= 15 is 0 Å². The molecule has 3 heterocycles. The van der Waals surface area contributed by atoms with Crippen LogP contribution in [0, 0.1) is 0 Å². The number of amides is 2. The van der Waals surface area contributed by atoms with Crippen molar-refractivity contribution >= 4 is 23.6 Å². The smallest absolute Gasteiger partial charge is 0.322 e. The molecule has 1 saturated carbocycles. The molecule has 1 N–H and O–H groups in total. The predicted molar refractivity (Wildman–Crippen MR) is 142 cm³/mol. The van der Waals surface area contributed by atoms with Gasteiger partial charge in [0.2, 0.25) is 5.95 Å². The third kappa shape index (κ3) is 5.00. The Kier molecular flexibility index (Phi) is 7.04. The molecule has 3 fully saturated rings. The van der Waals surface area contributed by atoms with Gasteiger partial charge in [0.1, 0.15) is 0 Å². The van der Waals surface area contributed by atoms with Gasteiger partial charge in [-0.2, -0.15) is 0 Å². The summed E-state index contributed by atoms with van der Waals surface area (Å²) in [5, 5.41) is 3.31. The van der Waals surface area contributed by atoms with Gasteiger partial charge in [-0.3, -0.25) is 19.5 Å². The highest BCUT2D eigenvalue weighted by Gasteiger charge is 2.50. The third-order valence-electron chi connectivity index (χ3n) is 8.45. The Bertz CT molecular complexity index is 1090. The Morgan fingerprint density at radius 1 is 1.03 bits per heavy atom. The summed E-state index contributed by atoms with van der Waals surface area (Å²) in [4.78, 5) is 42.0. The Morgan fingerprint density at radius 3 is 2.27 bits per heavy atom. The van der Waals surface area contributed by atoms with E-state index in [0.717, 1.165) is 57.5 Å². The number of rotatable bonds is 6. The Morgan fingerprint density at radius 2 is 1.68 bits per heavy atom. The molecule has 0 unspecified atom stereocenters. The average Bonchev–Trinajstić information content (AvgIpc) is 3.25. The number of esters is 1. The summed E-state index contributed by atoms with van der Waals surface area (Å²) < 4.78 is 4.76. The number of hydrogen-bond acceptors (Lipinski definition) is 8. The van der Waals surface area contributed by atoms with Crippen LogP contribution in [0.3, 0.4) is 0 Å². The predicted octanol–water partition coefficient (Wildman–Crippen LogP) is 2.07. The second-order valence-electron chi connectivity index (χ2n) is 10.7. The van der Waals surface area contributed by atoms with E-state index in [2.05, 4.69) is 74.4 Å². The number of urea groups is 1. The number of ether oxygens (including phenoxy) is 1. The molecule has 37 heavy (non-hydrogen) atoms. The summed E-state index contributed by atoms with van der Waals surface area (Å²) in [6, 6.07) is 10.6. The van der Waals surface area contributed by atoms with E-state index < -0.39 is 0 Å². The van der Waals surface area contributed by atoms with Crippen LogP contribution in [0.1, 0.15) is 31.2 Å². The second kappa shape index (κ2) is 10.3. The topological polar surface area (TPSA) is 94.1 Å². The zero-order chi connectivity index (χ0) is 26.0. The summed E-state index contributed by atoms with van der Waals surface area (Å²) in [5.41, 5.74) is 1.80. The van der Waals surface area contributed by atoms with Gasteiger partial charge in [0.25, 0.3) is 0 Å². The van der Waals surface area contributed by atoms with Crippen LogP contribution in [0.4, 0.5) is 16.4 Å². The van der Waals surface area contributed by atoms with Crippen LogP contribution in [0.2, 0.25) is 0 Å². The molecule has 1 aromatic carbocycles. The standard InChI is InChI=1S/C27H37N7O3/c1-31(2)27(21-7-5-4-6-8-21)11-9-26(10-12-27)20-34(25(36)30-26)22-17-28-24(29-18-22)33-15-13-32(14-16-33)19-23(35)37-3/h4-8,17-18H,9-16,19-20H2,1-3H3,(H,30,36). The van der Waals surface area contributed by atoms with Gasteiger partial charge in [0.05, 0.1) is 43.8 Å². The number of piperazine rings is 1. The van der Waals surface area contributed by atoms with Crippen molar-refractivity contribution < 1.29 is 14.3 Å². The molecule has 1 spiro atoms. The highest BCUT2D eigenvalue weighted by molar-refractivity contribution is 5.95. The maximum absolute atomic E-state index is 13.0. The second-order valence-corrected chi connectivity index (χ2v) is 10.7. The van der Waals surface area contributed by atoms with Crippen LogP contribution in [-0.2, 0) is 15.1 Å². The number of methoxy groups -OCH3 is 1. The lowest BCUT2D eigenvalue weighted by atomic mass is 9.69. The molecule has 0 atom stereocenters. The first-order valence-electron chi connectivity index (χ1n) is 13.0. The molecule has 198 valence electrons. The van der Waals surface area contributed by atoms with Crippen LogP contribution in [0.5, 0.6) is 0 Å². The summed E-state index contributed by atoms with van der Waals surface area (Å²) >= 11 is 0. The van der Waals surface area contributed by atoms with Crippen LogP contribution in [0.15, 0.2) is 42.7 Å². The number of nitrogens with zero attached hydrogens (tertiary/aromatic N) is 6. The van der Waals surface area contributed by atoms with Gasteiger partial charge in [-0.05, 0) is 45.3 Å². The summed E-state index contributed by atoms with van der Waals surface area (Å²) in [6.45, 7) is 3.89. The fourth-order valence-corrected chi connectivity index (χ4v) is 6.05. The van der Waals surface area contributed by atoms with E-state index in [9.17, 15) is 9.59 Å². The molecule has 10 heteroatoms. The highest BCUT2D eigenvalue weighted by atomic mass is 16.5.